The Labute approximate surface area is 114 Å². The van der Waals surface area contributed by atoms with Crippen LogP contribution in [0, 0.1) is 3.57 Å². The predicted octanol–water partition coefficient (Wildman–Crippen LogP) is 4.63. The third-order valence-corrected chi connectivity index (χ3v) is 3.93. The molecule has 3 heteroatoms. The highest BCUT2D eigenvalue weighted by Crippen LogP contribution is 2.25. The predicted molar refractivity (Wildman–Crippen MR) is 75.1 cm³/mol. The van der Waals surface area contributed by atoms with Crippen molar-refractivity contribution in [1.82, 2.24) is 0 Å². The average Bonchev–Trinajstić information content (AvgIpc) is 2.32. The van der Waals surface area contributed by atoms with Crippen molar-refractivity contribution in [1.29, 1.82) is 0 Å². The smallest absolute Gasteiger partial charge is 0.189 e. The zero-order valence-corrected chi connectivity index (χ0v) is 11.7. The molecule has 1 aliphatic rings. The third kappa shape index (κ3) is 2.66. The van der Waals surface area contributed by atoms with Gasteiger partial charge in [-0.1, -0.05) is 17.7 Å². The van der Waals surface area contributed by atoms with E-state index in [1.807, 2.05) is 12.1 Å². The van der Waals surface area contributed by atoms with E-state index < -0.39 is 0 Å². The standard InChI is InChI=1S/C13H12ClIO/c14-10-6-7-12(15)11(8-10)13(16)9-4-2-1-3-5-9/h4,6-8H,1-3,5H2. The van der Waals surface area contributed by atoms with E-state index in [1.165, 1.54) is 6.42 Å². The van der Waals surface area contributed by atoms with Crippen LogP contribution in [0.2, 0.25) is 5.02 Å². The average molecular weight is 347 g/mol. The van der Waals surface area contributed by atoms with Gasteiger partial charge in [0.25, 0.3) is 0 Å². The van der Waals surface area contributed by atoms with Gasteiger partial charge in [0.15, 0.2) is 5.78 Å². The van der Waals surface area contributed by atoms with Crippen LogP contribution in [0.25, 0.3) is 0 Å². The summed E-state index contributed by atoms with van der Waals surface area (Å²) in [5.74, 6) is 0.145. The van der Waals surface area contributed by atoms with E-state index in [1.54, 1.807) is 6.07 Å². The van der Waals surface area contributed by atoms with E-state index in [0.29, 0.717) is 5.02 Å². The maximum absolute atomic E-state index is 12.2. The minimum atomic E-state index is 0.145. The molecule has 2 rings (SSSR count). The van der Waals surface area contributed by atoms with Crippen molar-refractivity contribution >= 4 is 40.0 Å². The van der Waals surface area contributed by atoms with Gasteiger partial charge in [-0.25, -0.2) is 0 Å². The van der Waals surface area contributed by atoms with Crippen molar-refractivity contribution in [2.45, 2.75) is 25.7 Å². The Morgan fingerprint density at radius 1 is 1.31 bits per heavy atom. The zero-order chi connectivity index (χ0) is 11.5. The molecule has 0 aromatic heterocycles. The number of carbonyl (C=O) groups is 1. The summed E-state index contributed by atoms with van der Waals surface area (Å²) in [6, 6.07) is 5.47. The molecule has 0 saturated carbocycles. The van der Waals surface area contributed by atoms with Crippen LogP contribution in [0.15, 0.2) is 29.8 Å². The van der Waals surface area contributed by atoms with E-state index in [4.69, 9.17) is 11.6 Å². The van der Waals surface area contributed by atoms with Crippen molar-refractivity contribution in [3.8, 4) is 0 Å². The number of benzene rings is 1. The Balaban J connectivity index is 2.33. The lowest BCUT2D eigenvalue weighted by atomic mass is 9.93. The van der Waals surface area contributed by atoms with Gasteiger partial charge in [-0.2, -0.15) is 0 Å². The summed E-state index contributed by atoms with van der Waals surface area (Å²) in [7, 11) is 0. The summed E-state index contributed by atoms with van der Waals surface area (Å²) in [4.78, 5) is 12.2. The van der Waals surface area contributed by atoms with Crippen LogP contribution in [-0.2, 0) is 0 Å². The van der Waals surface area contributed by atoms with Crippen LogP contribution in [0.4, 0.5) is 0 Å². The van der Waals surface area contributed by atoms with Crippen molar-refractivity contribution in [2.24, 2.45) is 0 Å². The molecule has 1 aromatic carbocycles. The summed E-state index contributed by atoms with van der Waals surface area (Å²) < 4.78 is 0.971. The first kappa shape index (κ1) is 12.1. The molecule has 0 unspecified atom stereocenters. The Bertz CT molecular complexity index is 451. The molecule has 0 fully saturated rings. The summed E-state index contributed by atoms with van der Waals surface area (Å²) in [5.41, 5.74) is 1.69. The maximum Gasteiger partial charge on any atom is 0.189 e. The number of hydrogen-bond acceptors (Lipinski definition) is 1. The van der Waals surface area contributed by atoms with Crippen LogP contribution in [0.3, 0.4) is 0 Å². The molecule has 1 aliphatic carbocycles. The van der Waals surface area contributed by atoms with E-state index >= 15 is 0 Å². The van der Waals surface area contributed by atoms with Gasteiger partial charge in [-0.05, 0) is 72.0 Å². The normalized spacial score (nSPS) is 15.8. The third-order valence-electron chi connectivity index (χ3n) is 2.76. The van der Waals surface area contributed by atoms with Crippen LogP contribution in [-0.4, -0.2) is 5.78 Å². The Morgan fingerprint density at radius 2 is 2.12 bits per heavy atom. The fraction of sp³-hybridized carbons (Fsp3) is 0.308. The molecule has 0 radical (unpaired) electrons. The van der Waals surface area contributed by atoms with Crippen molar-refractivity contribution in [3.05, 3.63) is 44.0 Å². The molecule has 0 amide bonds. The van der Waals surface area contributed by atoms with Crippen LogP contribution < -0.4 is 0 Å². The molecule has 1 nitrogen and oxygen atoms in total. The lowest BCUT2D eigenvalue weighted by Gasteiger charge is -2.12. The lowest BCUT2D eigenvalue weighted by molar-refractivity contribution is 0.102. The molecule has 0 heterocycles. The Kier molecular flexibility index (Phi) is 4.03. The van der Waals surface area contributed by atoms with Gasteiger partial charge in [0.2, 0.25) is 0 Å². The molecule has 0 atom stereocenters. The molecule has 0 spiro atoms. The number of hydrogen-bond donors (Lipinski definition) is 0. The first-order valence-electron chi connectivity index (χ1n) is 5.37. The molecule has 0 aliphatic heterocycles. The number of carbonyl (C=O) groups excluding carboxylic acids is 1. The topological polar surface area (TPSA) is 17.1 Å². The van der Waals surface area contributed by atoms with Crippen molar-refractivity contribution < 1.29 is 4.79 Å². The highest BCUT2D eigenvalue weighted by molar-refractivity contribution is 14.1. The zero-order valence-electron chi connectivity index (χ0n) is 8.80. The second-order valence-corrected chi connectivity index (χ2v) is 5.53. The summed E-state index contributed by atoms with van der Waals surface area (Å²) in [6.45, 7) is 0. The summed E-state index contributed by atoms with van der Waals surface area (Å²) in [6.07, 6.45) is 6.32. The lowest BCUT2D eigenvalue weighted by Crippen LogP contribution is -2.08. The fourth-order valence-electron chi connectivity index (χ4n) is 1.89. The molecule has 16 heavy (non-hydrogen) atoms. The van der Waals surface area contributed by atoms with Gasteiger partial charge < -0.3 is 0 Å². The molecule has 0 saturated heterocycles. The SMILES string of the molecule is O=C(C1=CCCCC1)c1cc(Cl)ccc1I. The molecule has 84 valence electrons. The largest absolute Gasteiger partial charge is 0.289 e. The van der Waals surface area contributed by atoms with Crippen molar-refractivity contribution in [2.75, 3.05) is 0 Å². The second kappa shape index (κ2) is 5.32. The van der Waals surface area contributed by atoms with Crippen LogP contribution in [0.5, 0.6) is 0 Å². The number of allylic oxidation sites excluding steroid dienone is 2. The fourth-order valence-corrected chi connectivity index (χ4v) is 2.64. The Hall–Kier alpha value is -0.350. The summed E-state index contributed by atoms with van der Waals surface area (Å²) in [5, 5.41) is 0.625. The molecule has 0 N–H and O–H groups in total. The van der Waals surface area contributed by atoms with Gasteiger partial charge in [-0.15, -0.1) is 0 Å². The highest BCUT2D eigenvalue weighted by atomic mass is 127. The summed E-state index contributed by atoms with van der Waals surface area (Å²) >= 11 is 8.11. The first-order valence-corrected chi connectivity index (χ1v) is 6.83. The van der Waals surface area contributed by atoms with E-state index in [-0.39, 0.29) is 5.78 Å². The number of ketones is 1. The van der Waals surface area contributed by atoms with Crippen LogP contribution in [0.1, 0.15) is 36.0 Å². The van der Waals surface area contributed by atoms with E-state index in [2.05, 4.69) is 28.7 Å². The monoisotopic (exact) mass is 346 g/mol. The van der Waals surface area contributed by atoms with Gasteiger partial charge in [-0.3, -0.25) is 4.79 Å². The van der Waals surface area contributed by atoms with Gasteiger partial charge >= 0.3 is 0 Å². The van der Waals surface area contributed by atoms with Gasteiger partial charge in [0.05, 0.1) is 0 Å². The number of rotatable bonds is 2. The molecule has 0 bridgehead atoms. The quantitative estimate of drug-likeness (QED) is 0.564. The first-order chi connectivity index (χ1) is 7.68. The Morgan fingerprint density at radius 3 is 2.81 bits per heavy atom. The van der Waals surface area contributed by atoms with Crippen molar-refractivity contribution in [3.63, 3.8) is 0 Å². The molecule has 1 aromatic rings. The molecular formula is C13H12ClIO. The van der Waals surface area contributed by atoms with E-state index in [0.717, 1.165) is 34.0 Å². The minimum Gasteiger partial charge on any atom is -0.289 e. The van der Waals surface area contributed by atoms with Gasteiger partial charge in [0, 0.05) is 14.2 Å². The maximum atomic E-state index is 12.2. The van der Waals surface area contributed by atoms with Gasteiger partial charge in [0.1, 0.15) is 0 Å². The molecular weight excluding hydrogens is 334 g/mol. The second-order valence-electron chi connectivity index (χ2n) is 3.93. The highest BCUT2D eigenvalue weighted by Gasteiger charge is 2.16. The number of Topliss-reactive ketones (excluding diaryl/α,β-unsaturated/α-hetero) is 1. The van der Waals surface area contributed by atoms with E-state index in [9.17, 15) is 4.79 Å². The number of halogens is 2. The van der Waals surface area contributed by atoms with Crippen LogP contribution >= 0.6 is 34.2 Å². The minimum absolute atomic E-state index is 0.145.